The van der Waals surface area contributed by atoms with Gasteiger partial charge in [0.15, 0.2) is 0 Å². The van der Waals surface area contributed by atoms with E-state index < -0.39 is 11.5 Å². The third-order valence-corrected chi connectivity index (χ3v) is 4.45. The Morgan fingerprint density at radius 3 is 2.50 bits per heavy atom. The highest BCUT2D eigenvalue weighted by molar-refractivity contribution is 5.85. The number of hydrogen-bond acceptors (Lipinski definition) is 4. The van der Waals surface area contributed by atoms with Crippen molar-refractivity contribution in [3.05, 3.63) is 0 Å². The van der Waals surface area contributed by atoms with Gasteiger partial charge in [0, 0.05) is 27.2 Å². The van der Waals surface area contributed by atoms with E-state index in [0.29, 0.717) is 19.5 Å². The number of carbonyl (C=O) groups is 2. The maximum absolute atomic E-state index is 12.4. The number of rotatable bonds is 4. The monoisotopic (exact) mass is 283 g/mol. The van der Waals surface area contributed by atoms with Gasteiger partial charge in [-0.3, -0.25) is 9.59 Å². The van der Waals surface area contributed by atoms with Gasteiger partial charge in [-0.05, 0) is 19.3 Å². The molecule has 6 nitrogen and oxygen atoms in total. The molecule has 2 atom stereocenters. The Labute approximate surface area is 119 Å². The van der Waals surface area contributed by atoms with Crippen molar-refractivity contribution in [3.63, 3.8) is 0 Å². The first-order valence-corrected chi connectivity index (χ1v) is 7.35. The predicted molar refractivity (Wildman–Crippen MR) is 75.0 cm³/mol. The Morgan fingerprint density at radius 2 is 2.00 bits per heavy atom. The van der Waals surface area contributed by atoms with Gasteiger partial charge < -0.3 is 20.6 Å². The van der Waals surface area contributed by atoms with Crippen LogP contribution in [0.25, 0.3) is 0 Å². The summed E-state index contributed by atoms with van der Waals surface area (Å²) < 4.78 is 0. The average molecular weight is 283 g/mol. The van der Waals surface area contributed by atoms with Crippen molar-refractivity contribution in [3.8, 4) is 0 Å². The highest BCUT2D eigenvalue weighted by atomic mass is 16.3. The van der Waals surface area contributed by atoms with Gasteiger partial charge in [-0.15, -0.1) is 0 Å². The molecule has 2 rings (SSSR count). The van der Waals surface area contributed by atoms with Gasteiger partial charge in [0.05, 0.1) is 17.6 Å². The number of nitrogens with zero attached hydrogens (tertiary/aromatic N) is 1. The molecule has 2 amide bonds. The lowest BCUT2D eigenvalue weighted by atomic mass is 9.84. The summed E-state index contributed by atoms with van der Waals surface area (Å²) in [5.74, 6) is -0.00547. The average Bonchev–Trinajstić information content (AvgIpc) is 3.04. The first-order valence-electron chi connectivity index (χ1n) is 7.35. The molecule has 1 aliphatic carbocycles. The van der Waals surface area contributed by atoms with Gasteiger partial charge >= 0.3 is 0 Å². The molecule has 0 aromatic rings. The van der Waals surface area contributed by atoms with Gasteiger partial charge in [-0.1, -0.05) is 12.8 Å². The Kier molecular flexibility index (Phi) is 4.65. The number of aliphatic hydroxyl groups excluding tert-OH is 1. The summed E-state index contributed by atoms with van der Waals surface area (Å²) in [7, 11) is 3.53. The molecule has 114 valence electrons. The van der Waals surface area contributed by atoms with Crippen LogP contribution in [0, 0.1) is 5.41 Å². The van der Waals surface area contributed by atoms with Crippen LogP contribution in [-0.4, -0.2) is 61.2 Å². The van der Waals surface area contributed by atoms with Crippen LogP contribution in [0.1, 0.15) is 32.1 Å². The van der Waals surface area contributed by atoms with E-state index in [1.807, 2.05) is 0 Å². The van der Waals surface area contributed by atoms with Crippen molar-refractivity contribution in [2.24, 2.45) is 5.41 Å². The Morgan fingerprint density at radius 1 is 1.35 bits per heavy atom. The predicted octanol–water partition coefficient (Wildman–Crippen LogP) is -0.526. The summed E-state index contributed by atoms with van der Waals surface area (Å²) in [6.07, 6.45) is 3.75. The maximum atomic E-state index is 12.4. The number of nitrogens with one attached hydrogen (secondary N) is 2. The van der Waals surface area contributed by atoms with E-state index >= 15 is 0 Å². The summed E-state index contributed by atoms with van der Waals surface area (Å²) in [6.45, 7) is 0.858. The van der Waals surface area contributed by atoms with Crippen LogP contribution >= 0.6 is 0 Å². The van der Waals surface area contributed by atoms with Gasteiger partial charge in [0.25, 0.3) is 0 Å². The second-order valence-corrected chi connectivity index (χ2v) is 6.26. The van der Waals surface area contributed by atoms with E-state index in [0.717, 1.165) is 25.7 Å². The first kappa shape index (κ1) is 15.3. The molecule has 3 N–H and O–H groups in total. The minimum Gasteiger partial charge on any atom is -0.392 e. The number of carbonyl (C=O) groups excluding carboxylic acids is 2. The summed E-state index contributed by atoms with van der Waals surface area (Å²) in [4.78, 5) is 26.1. The van der Waals surface area contributed by atoms with E-state index in [4.69, 9.17) is 0 Å². The SMILES string of the molecule is CN(C)C(=O)C1(CNC(=O)C2CC(O)CN2)CCCC1. The Bertz CT molecular complexity index is 378. The van der Waals surface area contributed by atoms with E-state index in [1.54, 1.807) is 19.0 Å². The molecule has 2 fully saturated rings. The number of aliphatic hydroxyl groups is 1. The van der Waals surface area contributed by atoms with E-state index in [9.17, 15) is 14.7 Å². The lowest BCUT2D eigenvalue weighted by Crippen LogP contribution is -2.49. The van der Waals surface area contributed by atoms with E-state index in [2.05, 4.69) is 10.6 Å². The molecule has 2 aliphatic rings. The quantitative estimate of drug-likeness (QED) is 0.648. The smallest absolute Gasteiger partial charge is 0.237 e. The molecule has 0 aromatic heterocycles. The molecule has 2 unspecified atom stereocenters. The third kappa shape index (κ3) is 3.12. The number of β-amino-alcohol motifs (C(OH)–C–C–N with tert-alkyl or cyclic N) is 1. The van der Waals surface area contributed by atoms with Crippen molar-refractivity contribution < 1.29 is 14.7 Å². The molecule has 0 radical (unpaired) electrons. The molecular weight excluding hydrogens is 258 g/mol. The minimum atomic E-state index is -0.449. The van der Waals surface area contributed by atoms with Crippen LogP contribution in [0.2, 0.25) is 0 Å². The van der Waals surface area contributed by atoms with Gasteiger partial charge in [-0.25, -0.2) is 0 Å². The molecule has 0 aromatic carbocycles. The molecule has 1 saturated heterocycles. The van der Waals surface area contributed by atoms with Gasteiger partial charge in [0.2, 0.25) is 11.8 Å². The zero-order chi connectivity index (χ0) is 14.8. The van der Waals surface area contributed by atoms with Crippen molar-refractivity contribution in [1.29, 1.82) is 0 Å². The lowest BCUT2D eigenvalue weighted by Gasteiger charge is -2.31. The molecule has 0 spiro atoms. The van der Waals surface area contributed by atoms with Crippen LogP contribution in [-0.2, 0) is 9.59 Å². The van der Waals surface area contributed by atoms with Crippen molar-refractivity contribution in [2.75, 3.05) is 27.2 Å². The second-order valence-electron chi connectivity index (χ2n) is 6.26. The fraction of sp³-hybridized carbons (Fsp3) is 0.857. The lowest BCUT2D eigenvalue weighted by molar-refractivity contribution is -0.139. The van der Waals surface area contributed by atoms with Crippen molar-refractivity contribution in [1.82, 2.24) is 15.5 Å². The highest BCUT2D eigenvalue weighted by Crippen LogP contribution is 2.38. The summed E-state index contributed by atoms with van der Waals surface area (Å²) >= 11 is 0. The van der Waals surface area contributed by atoms with E-state index in [1.165, 1.54) is 0 Å². The molecule has 1 aliphatic heterocycles. The standard InChI is InChI=1S/C14H25N3O3/c1-17(2)13(20)14(5-3-4-6-14)9-16-12(19)11-7-10(18)8-15-11/h10-11,15,18H,3-9H2,1-2H3,(H,16,19). The van der Waals surface area contributed by atoms with Crippen molar-refractivity contribution in [2.45, 2.75) is 44.2 Å². The molecule has 1 saturated carbocycles. The van der Waals surface area contributed by atoms with Crippen LogP contribution in [0.15, 0.2) is 0 Å². The second kappa shape index (κ2) is 6.10. The topological polar surface area (TPSA) is 81.7 Å². The highest BCUT2D eigenvalue weighted by Gasteiger charge is 2.42. The summed E-state index contributed by atoms with van der Waals surface area (Å²) in [5, 5.41) is 15.3. The minimum absolute atomic E-state index is 0.106. The first-order chi connectivity index (χ1) is 9.44. The van der Waals surface area contributed by atoms with Crippen molar-refractivity contribution >= 4 is 11.8 Å². The molecule has 1 heterocycles. The van der Waals surface area contributed by atoms with Gasteiger partial charge in [-0.2, -0.15) is 0 Å². The van der Waals surface area contributed by atoms with Gasteiger partial charge in [0.1, 0.15) is 0 Å². The number of amides is 2. The molecule has 0 bridgehead atoms. The Balaban J connectivity index is 1.93. The summed E-state index contributed by atoms with van der Waals surface area (Å²) in [5.41, 5.74) is -0.434. The zero-order valence-corrected chi connectivity index (χ0v) is 12.3. The number of hydrogen-bond donors (Lipinski definition) is 3. The van der Waals surface area contributed by atoms with Crippen LogP contribution in [0.4, 0.5) is 0 Å². The zero-order valence-electron chi connectivity index (χ0n) is 12.3. The fourth-order valence-corrected chi connectivity index (χ4v) is 3.29. The normalized spacial score (nSPS) is 28.4. The largest absolute Gasteiger partial charge is 0.392 e. The fourth-order valence-electron chi connectivity index (χ4n) is 3.29. The summed E-state index contributed by atoms with van der Waals surface area (Å²) in [6, 6.07) is -0.335. The van der Waals surface area contributed by atoms with Crippen LogP contribution < -0.4 is 10.6 Å². The van der Waals surface area contributed by atoms with E-state index in [-0.39, 0.29) is 17.9 Å². The van der Waals surface area contributed by atoms with Crippen LogP contribution in [0.5, 0.6) is 0 Å². The maximum Gasteiger partial charge on any atom is 0.237 e. The molecule has 6 heteroatoms. The third-order valence-electron chi connectivity index (χ3n) is 4.45. The molecule has 20 heavy (non-hydrogen) atoms. The van der Waals surface area contributed by atoms with Crippen LogP contribution in [0.3, 0.4) is 0 Å². The Hall–Kier alpha value is -1.14. The molecular formula is C14H25N3O3.